The molecule has 0 aliphatic carbocycles. The number of rotatable bonds is 3. The largest absolute Gasteiger partial charge is 0.209 e. The van der Waals surface area contributed by atoms with Gasteiger partial charge in [0, 0.05) is 24.1 Å². The van der Waals surface area contributed by atoms with Gasteiger partial charge in [-0.15, -0.1) is 0 Å². The van der Waals surface area contributed by atoms with Crippen molar-refractivity contribution in [1.29, 1.82) is 0 Å². The van der Waals surface area contributed by atoms with Crippen LogP contribution in [0.2, 0.25) is 0 Å². The van der Waals surface area contributed by atoms with Crippen molar-refractivity contribution in [2.75, 3.05) is 6.54 Å². The van der Waals surface area contributed by atoms with Crippen molar-refractivity contribution >= 4 is 11.4 Å². The molecule has 1 aromatic rings. The molecule has 17 heavy (non-hydrogen) atoms. The summed E-state index contributed by atoms with van der Waals surface area (Å²) in [6.07, 6.45) is 5.58. The highest BCUT2D eigenvalue weighted by Gasteiger charge is 2.43. The van der Waals surface area contributed by atoms with E-state index in [0.717, 1.165) is 6.54 Å². The summed E-state index contributed by atoms with van der Waals surface area (Å²) in [6, 6.07) is 8.78. The van der Waals surface area contributed by atoms with Gasteiger partial charge in [0.1, 0.15) is 6.54 Å². The van der Waals surface area contributed by atoms with E-state index in [0.29, 0.717) is 0 Å². The molecule has 0 spiro atoms. The fourth-order valence-corrected chi connectivity index (χ4v) is 2.76. The molecule has 0 saturated heterocycles. The quantitative estimate of drug-likeness (QED) is 0.687. The summed E-state index contributed by atoms with van der Waals surface area (Å²) in [4.78, 5) is 0. The van der Waals surface area contributed by atoms with Crippen LogP contribution in [0, 0.1) is 0 Å². The highest BCUT2D eigenvalue weighted by molar-refractivity contribution is 6.02. The Labute approximate surface area is 104 Å². The molecule has 0 atom stereocenters. The molecule has 0 amide bonds. The van der Waals surface area contributed by atoms with E-state index in [1.165, 1.54) is 23.4 Å². The summed E-state index contributed by atoms with van der Waals surface area (Å²) >= 11 is 0. The molecule has 1 aromatic carbocycles. The van der Waals surface area contributed by atoms with Gasteiger partial charge in [-0.3, -0.25) is 0 Å². The van der Waals surface area contributed by atoms with Gasteiger partial charge in [-0.2, -0.15) is 4.58 Å². The number of allylic oxidation sites excluding steroid dienone is 2. The Balaban J connectivity index is 2.64. The molecule has 0 N–H and O–H groups in total. The van der Waals surface area contributed by atoms with Crippen LogP contribution in [0.4, 0.5) is 5.69 Å². The Kier molecular flexibility index (Phi) is 3.19. The van der Waals surface area contributed by atoms with Crippen molar-refractivity contribution in [3.63, 3.8) is 0 Å². The number of hydrogen-bond donors (Lipinski definition) is 0. The van der Waals surface area contributed by atoms with Gasteiger partial charge in [0.15, 0.2) is 5.71 Å². The van der Waals surface area contributed by atoms with Crippen molar-refractivity contribution in [2.45, 2.75) is 39.5 Å². The van der Waals surface area contributed by atoms with Crippen LogP contribution in [0.3, 0.4) is 0 Å². The van der Waals surface area contributed by atoms with Crippen LogP contribution < -0.4 is 0 Å². The van der Waals surface area contributed by atoms with Crippen LogP contribution >= 0.6 is 0 Å². The predicted molar refractivity (Wildman–Crippen MR) is 74.4 cm³/mol. The molecule has 90 valence electrons. The average Bonchev–Trinajstić information content (AvgIpc) is 2.52. The van der Waals surface area contributed by atoms with E-state index >= 15 is 0 Å². The minimum atomic E-state index is 0.123. The van der Waals surface area contributed by atoms with Crippen LogP contribution in [-0.2, 0) is 5.41 Å². The summed E-state index contributed by atoms with van der Waals surface area (Å²) in [5.41, 5.74) is 4.37. The van der Waals surface area contributed by atoms with Crippen molar-refractivity contribution in [1.82, 2.24) is 0 Å². The van der Waals surface area contributed by atoms with Gasteiger partial charge in [-0.25, -0.2) is 0 Å². The van der Waals surface area contributed by atoms with E-state index in [4.69, 9.17) is 0 Å². The molecule has 0 aromatic heterocycles. The number of para-hydroxylation sites is 1. The van der Waals surface area contributed by atoms with Crippen molar-refractivity contribution in [3.8, 4) is 0 Å². The normalized spacial score (nSPS) is 17.9. The first kappa shape index (κ1) is 12.1. The smallest absolute Gasteiger partial charge is 0.195 e. The highest BCUT2D eigenvalue weighted by atomic mass is 15.1. The Morgan fingerprint density at radius 1 is 1.24 bits per heavy atom. The van der Waals surface area contributed by atoms with Gasteiger partial charge in [0.05, 0.1) is 5.41 Å². The molecule has 1 heterocycles. The van der Waals surface area contributed by atoms with Crippen LogP contribution in [0.5, 0.6) is 0 Å². The van der Waals surface area contributed by atoms with Gasteiger partial charge in [-0.05, 0) is 20.8 Å². The zero-order valence-electron chi connectivity index (χ0n) is 11.3. The lowest BCUT2D eigenvalue weighted by molar-refractivity contribution is -0.437. The molecule has 0 bridgehead atoms. The third-order valence-electron chi connectivity index (χ3n) is 3.57. The van der Waals surface area contributed by atoms with E-state index in [1.54, 1.807) is 0 Å². The molecule has 1 aliphatic rings. The summed E-state index contributed by atoms with van der Waals surface area (Å²) in [5.74, 6) is 0. The van der Waals surface area contributed by atoms with E-state index < -0.39 is 0 Å². The number of nitrogens with zero attached hydrogens (tertiary/aromatic N) is 1. The zero-order chi connectivity index (χ0) is 12.5. The fraction of sp³-hybridized carbons (Fsp3) is 0.438. The van der Waals surface area contributed by atoms with Gasteiger partial charge >= 0.3 is 0 Å². The highest BCUT2D eigenvalue weighted by Crippen LogP contribution is 2.39. The lowest BCUT2D eigenvalue weighted by Crippen LogP contribution is -2.27. The maximum absolute atomic E-state index is 2.47. The Morgan fingerprint density at radius 2 is 1.94 bits per heavy atom. The van der Waals surface area contributed by atoms with Gasteiger partial charge in [0.25, 0.3) is 0 Å². The minimum absolute atomic E-state index is 0.123. The summed E-state index contributed by atoms with van der Waals surface area (Å²) in [6.45, 7) is 10.1. The van der Waals surface area contributed by atoms with Crippen molar-refractivity contribution in [3.05, 3.63) is 42.0 Å². The van der Waals surface area contributed by atoms with Crippen LogP contribution in [0.25, 0.3) is 0 Å². The van der Waals surface area contributed by atoms with Gasteiger partial charge in [-0.1, -0.05) is 31.2 Å². The first-order chi connectivity index (χ1) is 8.12. The molecule has 2 rings (SSSR count). The molecule has 0 fully saturated rings. The molecule has 1 nitrogen and oxygen atoms in total. The van der Waals surface area contributed by atoms with E-state index in [1.807, 2.05) is 0 Å². The predicted octanol–water partition coefficient (Wildman–Crippen LogP) is 4.05. The summed E-state index contributed by atoms with van der Waals surface area (Å²) < 4.78 is 2.47. The van der Waals surface area contributed by atoms with E-state index in [2.05, 4.69) is 68.7 Å². The molecule has 0 unspecified atom stereocenters. The Hall–Kier alpha value is -1.37. The fourth-order valence-electron chi connectivity index (χ4n) is 2.76. The number of fused-ring (bicyclic) bond motifs is 1. The second-order valence-corrected chi connectivity index (χ2v) is 5.18. The van der Waals surface area contributed by atoms with Crippen molar-refractivity contribution in [2.24, 2.45) is 0 Å². The summed E-state index contributed by atoms with van der Waals surface area (Å²) in [7, 11) is 0. The second kappa shape index (κ2) is 4.48. The first-order valence-electron chi connectivity index (χ1n) is 6.50. The van der Waals surface area contributed by atoms with E-state index in [9.17, 15) is 0 Å². The van der Waals surface area contributed by atoms with Crippen LogP contribution in [0.15, 0.2) is 36.4 Å². The van der Waals surface area contributed by atoms with Crippen molar-refractivity contribution < 1.29 is 4.58 Å². The maximum Gasteiger partial charge on any atom is 0.209 e. The van der Waals surface area contributed by atoms with E-state index in [-0.39, 0.29) is 5.41 Å². The lowest BCUT2D eigenvalue weighted by atomic mass is 9.81. The Morgan fingerprint density at radius 3 is 2.59 bits per heavy atom. The SMILES string of the molecule is CC=CC1=[N+](CCC)c2ccccc2C1(C)C. The second-order valence-electron chi connectivity index (χ2n) is 5.18. The minimum Gasteiger partial charge on any atom is -0.195 e. The number of hydrogen-bond acceptors (Lipinski definition) is 0. The summed E-state index contributed by atoms with van der Waals surface area (Å²) in [5, 5.41) is 0. The monoisotopic (exact) mass is 228 g/mol. The molecule has 0 radical (unpaired) electrons. The Bertz CT molecular complexity index is 478. The lowest BCUT2D eigenvalue weighted by Gasteiger charge is -2.15. The van der Waals surface area contributed by atoms with Gasteiger partial charge < -0.3 is 0 Å². The third kappa shape index (κ3) is 1.84. The number of benzene rings is 1. The zero-order valence-corrected chi connectivity index (χ0v) is 11.3. The third-order valence-corrected chi connectivity index (χ3v) is 3.57. The van der Waals surface area contributed by atoms with Crippen LogP contribution in [-0.4, -0.2) is 16.8 Å². The molecular formula is C16H22N+. The molecular weight excluding hydrogens is 206 g/mol. The molecule has 0 saturated carbocycles. The maximum atomic E-state index is 2.47. The van der Waals surface area contributed by atoms with Gasteiger partial charge in [0.2, 0.25) is 5.69 Å². The molecule has 1 aliphatic heterocycles. The first-order valence-corrected chi connectivity index (χ1v) is 6.50. The standard InChI is InChI=1S/C16H22N/c1-5-9-15-16(3,4)13-10-7-8-11-14(13)17(15)12-6-2/h5,7-11H,6,12H2,1-4H3/q+1. The topological polar surface area (TPSA) is 3.01 Å². The van der Waals surface area contributed by atoms with Crippen LogP contribution in [0.1, 0.15) is 39.7 Å². The molecule has 1 heteroatoms. The average molecular weight is 228 g/mol.